The first-order chi connectivity index (χ1) is 31.8. The van der Waals surface area contributed by atoms with Crippen molar-refractivity contribution in [3.05, 3.63) is 218 Å². The van der Waals surface area contributed by atoms with Crippen molar-refractivity contribution in [3.63, 3.8) is 0 Å². The third-order valence-corrected chi connectivity index (χ3v) is 14.4. The van der Waals surface area contributed by atoms with Gasteiger partial charge in [-0.1, -0.05) is 158 Å². The van der Waals surface area contributed by atoms with E-state index in [1.165, 1.54) is 141 Å². The van der Waals surface area contributed by atoms with Crippen molar-refractivity contribution in [2.24, 2.45) is 0 Å². The summed E-state index contributed by atoms with van der Waals surface area (Å²) in [5.74, 6) is 0. The maximum atomic E-state index is 2.49. The van der Waals surface area contributed by atoms with E-state index < -0.39 is 0 Å². The van der Waals surface area contributed by atoms with Crippen LogP contribution in [0.25, 0.3) is 141 Å². The molecule has 2 heterocycles. The Hall–Kier alpha value is -8.46. The van der Waals surface area contributed by atoms with Gasteiger partial charge in [0.2, 0.25) is 0 Å². The second-order valence-corrected chi connectivity index (χ2v) is 17.6. The second-order valence-electron chi connectivity index (χ2n) is 17.6. The minimum Gasteiger partial charge on any atom is -0.309 e. The summed E-state index contributed by atoms with van der Waals surface area (Å²) in [6, 6.07) is 81.7. The Morgan fingerprint density at radius 1 is 0.188 bits per heavy atom. The first kappa shape index (κ1) is 34.2. The van der Waals surface area contributed by atoms with Crippen LogP contribution < -0.4 is 0 Å². The highest BCUT2D eigenvalue weighted by Crippen LogP contribution is 2.45. The Morgan fingerprint density at radius 3 is 0.906 bits per heavy atom. The maximum absolute atomic E-state index is 2.49. The molecule has 2 heteroatoms. The van der Waals surface area contributed by atoms with Crippen molar-refractivity contribution in [1.29, 1.82) is 0 Å². The van der Waals surface area contributed by atoms with Crippen molar-refractivity contribution in [2.75, 3.05) is 0 Å². The predicted molar refractivity (Wildman–Crippen MR) is 275 cm³/mol. The lowest BCUT2D eigenvalue weighted by molar-refractivity contribution is 1.19. The molecule has 15 aromatic rings. The average Bonchev–Trinajstić information content (AvgIpc) is 3.89. The van der Waals surface area contributed by atoms with Crippen LogP contribution in [0.5, 0.6) is 0 Å². The normalized spacial score (nSPS) is 12.4. The van der Waals surface area contributed by atoms with E-state index in [0.717, 1.165) is 0 Å². The molecule has 0 bridgehead atoms. The molecule has 15 rings (SSSR count). The van der Waals surface area contributed by atoms with Crippen molar-refractivity contribution in [2.45, 2.75) is 0 Å². The van der Waals surface area contributed by atoms with E-state index in [-0.39, 0.29) is 0 Å². The molecule has 0 amide bonds. The highest BCUT2D eigenvalue weighted by Gasteiger charge is 2.20. The zero-order valence-corrected chi connectivity index (χ0v) is 34.7. The van der Waals surface area contributed by atoms with E-state index in [0.29, 0.717) is 0 Å². The highest BCUT2D eigenvalue weighted by molar-refractivity contribution is 6.33. The molecular formula is C62H36N2. The lowest BCUT2D eigenvalue weighted by Crippen LogP contribution is -1.95. The minimum absolute atomic E-state index is 1.17. The van der Waals surface area contributed by atoms with E-state index in [1.807, 2.05) is 0 Å². The summed E-state index contributed by atoms with van der Waals surface area (Å²) < 4.78 is 4.93. The quantitative estimate of drug-likeness (QED) is 0.122. The van der Waals surface area contributed by atoms with Gasteiger partial charge in [-0.2, -0.15) is 0 Å². The third kappa shape index (κ3) is 4.48. The van der Waals surface area contributed by atoms with Crippen LogP contribution in [0, 0.1) is 0 Å². The van der Waals surface area contributed by atoms with Gasteiger partial charge in [-0.25, -0.2) is 0 Å². The summed E-state index contributed by atoms with van der Waals surface area (Å²) >= 11 is 0. The van der Waals surface area contributed by atoms with Gasteiger partial charge in [0.05, 0.1) is 22.1 Å². The van der Waals surface area contributed by atoms with Crippen LogP contribution in [0.4, 0.5) is 0 Å². The predicted octanol–water partition coefficient (Wildman–Crippen LogP) is 17.1. The fraction of sp³-hybridized carbons (Fsp3) is 0. The molecule has 0 unspecified atom stereocenters. The van der Waals surface area contributed by atoms with Gasteiger partial charge >= 0.3 is 0 Å². The van der Waals surface area contributed by atoms with Gasteiger partial charge in [0.1, 0.15) is 0 Å². The molecule has 0 spiro atoms. The lowest BCUT2D eigenvalue weighted by atomic mass is 9.88. The number of fused-ring (bicyclic) bond motifs is 22. The van der Waals surface area contributed by atoms with Crippen LogP contribution >= 0.6 is 0 Å². The van der Waals surface area contributed by atoms with Gasteiger partial charge in [0.15, 0.2) is 0 Å². The summed E-state index contributed by atoms with van der Waals surface area (Å²) in [4.78, 5) is 0. The Balaban J connectivity index is 1.00. The third-order valence-electron chi connectivity index (χ3n) is 14.4. The molecule has 0 saturated heterocycles. The summed E-state index contributed by atoms with van der Waals surface area (Å²) in [5, 5.41) is 25.5. The summed E-state index contributed by atoms with van der Waals surface area (Å²) in [6.45, 7) is 0. The number of para-hydroxylation sites is 2. The van der Waals surface area contributed by atoms with Gasteiger partial charge in [-0.15, -0.1) is 0 Å². The van der Waals surface area contributed by atoms with E-state index in [4.69, 9.17) is 0 Å². The molecule has 0 aliphatic heterocycles. The monoisotopic (exact) mass is 808 g/mol. The maximum Gasteiger partial charge on any atom is 0.0547 e. The molecule has 294 valence electrons. The highest BCUT2D eigenvalue weighted by atomic mass is 15.0. The number of nitrogens with zero attached hydrogens (tertiary/aromatic N) is 2. The molecule has 0 fully saturated rings. The second kappa shape index (κ2) is 12.6. The van der Waals surface area contributed by atoms with Gasteiger partial charge in [0.25, 0.3) is 0 Å². The van der Waals surface area contributed by atoms with Gasteiger partial charge in [-0.05, 0) is 147 Å². The Morgan fingerprint density at radius 2 is 0.500 bits per heavy atom. The van der Waals surface area contributed by atoms with Gasteiger partial charge in [-0.3, -0.25) is 0 Å². The standard InChI is InChI=1S/C62H36N2/c1-3-15-41-37(13-1)25-31-59-61(41)49-21-9-11-23-57(49)63(59)39-27-29-47-51(33-39)43-17-5-7-19-45(43)53-36-56-48-30-28-40(34-52(48)44-18-6-8-20-46(44)54(56)35-55(47)53)64-58-24-12-10-22-50(58)62-42-16-4-2-14-38(42)26-32-60(62)64/h1-36H. The molecule has 0 radical (unpaired) electrons. The van der Waals surface area contributed by atoms with Crippen molar-refractivity contribution < 1.29 is 0 Å². The van der Waals surface area contributed by atoms with E-state index in [2.05, 4.69) is 228 Å². The lowest BCUT2D eigenvalue weighted by Gasteiger charge is -2.17. The fourth-order valence-corrected chi connectivity index (χ4v) is 11.7. The minimum atomic E-state index is 1.17. The van der Waals surface area contributed by atoms with E-state index in [9.17, 15) is 0 Å². The van der Waals surface area contributed by atoms with Crippen LogP contribution in [0.15, 0.2) is 218 Å². The Bertz CT molecular complexity index is 4250. The number of hydrogen-bond acceptors (Lipinski definition) is 0. The SMILES string of the molecule is c1ccc2c(c1)ccc1c2c2ccccc2n1-c1ccc2c(c1)c1ccccc1c1cc3c4ccc(-n5c6ccccc6c6c7ccccc7ccc65)cc4c4ccccc4c3cc21. The summed E-state index contributed by atoms with van der Waals surface area (Å²) in [7, 11) is 0. The number of rotatable bonds is 2. The summed E-state index contributed by atoms with van der Waals surface area (Å²) in [6.07, 6.45) is 0. The first-order valence-corrected chi connectivity index (χ1v) is 22.3. The Kier molecular flexibility index (Phi) is 6.71. The number of benzene rings is 13. The van der Waals surface area contributed by atoms with Crippen LogP contribution in [-0.4, -0.2) is 9.13 Å². The molecule has 2 nitrogen and oxygen atoms in total. The molecule has 0 aliphatic rings. The molecule has 64 heavy (non-hydrogen) atoms. The van der Waals surface area contributed by atoms with Gasteiger partial charge in [0, 0.05) is 32.9 Å². The zero-order valence-electron chi connectivity index (χ0n) is 34.7. The fourth-order valence-electron chi connectivity index (χ4n) is 11.7. The number of aromatic nitrogens is 2. The van der Waals surface area contributed by atoms with Gasteiger partial charge < -0.3 is 9.13 Å². The molecule has 0 N–H and O–H groups in total. The molecule has 0 aliphatic carbocycles. The zero-order chi connectivity index (χ0) is 41.6. The smallest absolute Gasteiger partial charge is 0.0547 e. The largest absolute Gasteiger partial charge is 0.309 e. The molecular weight excluding hydrogens is 773 g/mol. The van der Waals surface area contributed by atoms with Crippen LogP contribution in [0.1, 0.15) is 0 Å². The van der Waals surface area contributed by atoms with E-state index >= 15 is 0 Å². The van der Waals surface area contributed by atoms with Crippen molar-refractivity contribution in [3.8, 4) is 11.4 Å². The van der Waals surface area contributed by atoms with Crippen LogP contribution in [0.2, 0.25) is 0 Å². The average molecular weight is 809 g/mol. The molecule has 0 atom stereocenters. The topological polar surface area (TPSA) is 9.86 Å². The van der Waals surface area contributed by atoms with Crippen LogP contribution in [-0.2, 0) is 0 Å². The Labute approximate surface area is 367 Å². The van der Waals surface area contributed by atoms with Crippen molar-refractivity contribution >= 4 is 130 Å². The van der Waals surface area contributed by atoms with Crippen molar-refractivity contribution in [1.82, 2.24) is 9.13 Å². The molecule has 2 aromatic heterocycles. The number of hydrogen-bond donors (Lipinski definition) is 0. The van der Waals surface area contributed by atoms with E-state index in [1.54, 1.807) is 0 Å². The molecule has 0 saturated carbocycles. The first-order valence-electron chi connectivity index (χ1n) is 22.3. The van der Waals surface area contributed by atoms with Crippen LogP contribution in [0.3, 0.4) is 0 Å². The molecule has 13 aromatic carbocycles. The summed E-state index contributed by atoms with van der Waals surface area (Å²) in [5.41, 5.74) is 7.23.